The van der Waals surface area contributed by atoms with E-state index in [4.69, 9.17) is 42.0 Å². The number of hydrogen-bond acceptors (Lipinski definition) is 16. The monoisotopic (exact) mass is 657 g/mol. The van der Waals surface area contributed by atoms with Gasteiger partial charge in [0.25, 0.3) is 5.56 Å². The molecule has 4 aromatic rings. The van der Waals surface area contributed by atoms with Crippen LogP contribution in [-0.2, 0) is 30.5 Å². The fourth-order valence-corrected chi connectivity index (χ4v) is 8.00. The van der Waals surface area contributed by atoms with E-state index in [1.54, 1.807) is 0 Å². The Bertz CT molecular complexity index is 1810. The van der Waals surface area contributed by atoms with Crippen LogP contribution in [0.25, 0.3) is 22.3 Å². The maximum Gasteiger partial charge on any atom is 0.282 e. The zero-order valence-electron chi connectivity index (χ0n) is 23.2. The molecule has 19 nitrogen and oxygen atoms in total. The number of halogens is 1. The summed E-state index contributed by atoms with van der Waals surface area (Å²) in [5, 5.41) is 28.5. The van der Waals surface area contributed by atoms with Crippen LogP contribution in [0.1, 0.15) is 25.8 Å². The molecule has 0 spiro atoms. The summed E-state index contributed by atoms with van der Waals surface area (Å²) in [5.41, 5.74) is 8.09. The van der Waals surface area contributed by atoms with E-state index in [2.05, 4.69) is 35.2 Å². The molecule has 4 aromatic heterocycles. The highest BCUT2D eigenvalue weighted by Gasteiger charge is 2.57. The number of fused-ring (bicyclic) bond motifs is 2. The second-order valence-corrected chi connectivity index (χ2v) is 14.1. The van der Waals surface area contributed by atoms with E-state index in [1.807, 2.05) is 0 Å². The number of nitrogen functional groups attached to an aromatic ring is 2. The number of imidazole rings is 1. The molecule has 2 aliphatic rings. The van der Waals surface area contributed by atoms with Crippen molar-refractivity contribution in [1.82, 2.24) is 44.5 Å². The second kappa shape index (κ2) is 11.3. The molecule has 22 heteroatoms. The third kappa shape index (κ3) is 4.93. The number of alkyl halides is 1. The number of nitrogens with two attached hydrogens (primary N) is 2. The SMILES string of the molecule is CO[C@H]1[C@@H](n2cnc3c(N)ncnc32)O[C@](C)(COP(O)(=S)[C@@H]2[C@@H](F)[C@@H](CCO)O[C@H]2n2nnc3c(=O)[nH]c(N)nc32)[C@H]1O. The van der Waals surface area contributed by atoms with Crippen LogP contribution < -0.4 is 17.0 Å². The molecular weight excluding hydrogens is 628 g/mol. The summed E-state index contributed by atoms with van der Waals surface area (Å²) in [7, 11) is 1.37. The van der Waals surface area contributed by atoms with Crippen molar-refractivity contribution in [3.63, 3.8) is 0 Å². The third-order valence-corrected chi connectivity index (χ3v) is 10.6. The van der Waals surface area contributed by atoms with Gasteiger partial charge in [-0.15, -0.1) is 5.10 Å². The minimum Gasteiger partial charge on any atom is -0.396 e. The van der Waals surface area contributed by atoms with E-state index in [0.717, 1.165) is 4.68 Å². The summed E-state index contributed by atoms with van der Waals surface area (Å²) in [6.07, 6.45) is -5.35. The van der Waals surface area contributed by atoms with Crippen molar-refractivity contribution in [3.05, 3.63) is 23.0 Å². The van der Waals surface area contributed by atoms with Gasteiger partial charge in [-0.05, 0) is 25.2 Å². The number of aliphatic hydroxyl groups is 2. The Balaban J connectivity index is 1.29. The zero-order valence-corrected chi connectivity index (χ0v) is 24.9. The second-order valence-electron chi connectivity index (χ2n) is 10.6. The van der Waals surface area contributed by atoms with Crippen LogP contribution in [-0.4, -0.2) is 116 Å². The lowest BCUT2D eigenvalue weighted by atomic mass is 9.98. The van der Waals surface area contributed by atoms with E-state index in [-0.39, 0.29) is 29.4 Å². The number of aliphatic hydroxyl groups excluding tert-OH is 2. The number of anilines is 2. The Morgan fingerprint density at radius 2 is 2.02 bits per heavy atom. The number of rotatable bonds is 9. The van der Waals surface area contributed by atoms with E-state index in [1.165, 1.54) is 31.3 Å². The van der Waals surface area contributed by atoms with Crippen molar-refractivity contribution in [2.24, 2.45) is 0 Å². The average molecular weight is 658 g/mol. The van der Waals surface area contributed by atoms with E-state index >= 15 is 4.39 Å². The van der Waals surface area contributed by atoms with Crippen molar-refractivity contribution < 1.29 is 38.2 Å². The molecule has 2 fully saturated rings. The summed E-state index contributed by atoms with van der Waals surface area (Å²) >= 11 is 5.48. The number of ether oxygens (including phenoxy) is 3. The molecule has 1 unspecified atom stereocenters. The van der Waals surface area contributed by atoms with Gasteiger partial charge in [0.1, 0.15) is 41.5 Å². The molecule has 2 saturated heterocycles. The van der Waals surface area contributed by atoms with Crippen LogP contribution in [0.2, 0.25) is 0 Å². The first-order chi connectivity index (χ1) is 20.9. The molecule has 0 aromatic carbocycles. The number of aromatic amines is 1. The Kier molecular flexibility index (Phi) is 7.87. The number of methoxy groups -OCH3 is 1. The number of aromatic nitrogens is 9. The lowest BCUT2D eigenvalue weighted by Gasteiger charge is -2.32. The highest BCUT2D eigenvalue weighted by Crippen LogP contribution is 2.59. The van der Waals surface area contributed by atoms with E-state index < -0.39 is 73.5 Å². The van der Waals surface area contributed by atoms with Gasteiger partial charge in [-0.25, -0.2) is 19.3 Å². The largest absolute Gasteiger partial charge is 0.396 e. The van der Waals surface area contributed by atoms with Crippen molar-refractivity contribution in [2.75, 3.05) is 31.8 Å². The number of H-pyrrole nitrogens is 1. The molecular formula is C22H29FN11O8PS. The van der Waals surface area contributed by atoms with Gasteiger partial charge in [0.15, 0.2) is 41.6 Å². The summed E-state index contributed by atoms with van der Waals surface area (Å²) in [6, 6.07) is 0. The number of nitrogens with zero attached hydrogens (tertiary/aromatic N) is 8. The standard InChI is InChI=1S/C22H29FN11O8PS/c1-22(14(36)12(39-2)19(42-22)33-7-28-10-15(24)26-6-27-16(10)33)5-40-43(38,44)13-9(23)8(3-4-35)41-20(13)34-17-11(31-32-34)18(37)30-21(25)29-17/h6-9,12-14,19-20,35-36H,3-5H2,1-2H3,(H,38,44)(H2,24,26,27)(H3,25,29,30,37)/t8-,9+,12-,13-,14+,19+,20-,22-,43?/m1/s1. The normalized spacial score (nSPS) is 32.1. The lowest BCUT2D eigenvalue weighted by Crippen LogP contribution is -2.45. The minimum absolute atomic E-state index is 0.141. The van der Waals surface area contributed by atoms with Crippen LogP contribution in [0.3, 0.4) is 0 Å². The van der Waals surface area contributed by atoms with Crippen LogP contribution in [0.15, 0.2) is 17.4 Å². The molecule has 0 radical (unpaired) electrons. The predicted octanol–water partition coefficient (Wildman–Crippen LogP) is -1.51. The molecule has 6 rings (SSSR count). The molecule has 9 atom stereocenters. The fourth-order valence-electron chi connectivity index (χ4n) is 5.50. The Hall–Kier alpha value is -3.27. The summed E-state index contributed by atoms with van der Waals surface area (Å²) < 4.78 is 41.9. The van der Waals surface area contributed by atoms with Gasteiger partial charge in [0.05, 0.1) is 19.0 Å². The van der Waals surface area contributed by atoms with Crippen LogP contribution >= 0.6 is 6.49 Å². The van der Waals surface area contributed by atoms with E-state index in [9.17, 15) is 19.9 Å². The van der Waals surface area contributed by atoms with Crippen molar-refractivity contribution in [1.29, 1.82) is 0 Å². The molecule has 238 valence electrons. The number of hydrogen-bond donors (Lipinski definition) is 6. The van der Waals surface area contributed by atoms with Crippen molar-refractivity contribution in [2.45, 2.75) is 61.5 Å². The zero-order chi connectivity index (χ0) is 31.6. The minimum atomic E-state index is -4.20. The molecule has 8 N–H and O–H groups in total. The summed E-state index contributed by atoms with van der Waals surface area (Å²) in [6.45, 7) is -3.63. The number of nitrogens with one attached hydrogen (secondary N) is 1. The molecule has 44 heavy (non-hydrogen) atoms. The van der Waals surface area contributed by atoms with E-state index in [0.29, 0.717) is 11.2 Å². The first kappa shape index (κ1) is 30.7. The van der Waals surface area contributed by atoms with Crippen molar-refractivity contribution in [3.8, 4) is 0 Å². The van der Waals surface area contributed by atoms with Gasteiger partial charge in [-0.3, -0.25) is 14.3 Å². The fraction of sp³-hybridized carbons (Fsp3) is 0.591. The van der Waals surface area contributed by atoms with Crippen LogP contribution in [0.5, 0.6) is 0 Å². The third-order valence-electron chi connectivity index (χ3n) is 7.75. The van der Waals surface area contributed by atoms with Crippen LogP contribution in [0.4, 0.5) is 16.2 Å². The topological polar surface area (TPSA) is 270 Å². The van der Waals surface area contributed by atoms with Gasteiger partial charge in [-0.2, -0.15) is 9.67 Å². The molecule has 0 aliphatic carbocycles. The average Bonchev–Trinajstić information content (AvgIpc) is 3.72. The lowest BCUT2D eigenvalue weighted by molar-refractivity contribution is -0.111. The Morgan fingerprint density at radius 1 is 1.25 bits per heavy atom. The quantitative estimate of drug-likeness (QED) is 0.112. The maximum absolute atomic E-state index is 15.9. The maximum atomic E-state index is 15.9. The Morgan fingerprint density at radius 3 is 2.75 bits per heavy atom. The van der Waals surface area contributed by atoms with Gasteiger partial charge in [-0.1, -0.05) is 5.21 Å². The first-order valence-electron chi connectivity index (χ1n) is 13.2. The van der Waals surface area contributed by atoms with Gasteiger partial charge >= 0.3 is 0 Å². The van der Waals surface area contributed by atoms with Crippen LogP contribution in [0, 0.1) is 0 Å². The molecule has 0 bridgehead atoms. The van der Waals surface area contributed by atoms with Gasteiger partial charge in [0.2, 0.25) is 5.95 Å². The molecule has 0 amide bonds. The molecule has 2 aliphatic heterocycles. The summed E-state index contributed by atoms with van der Waals surface area (Å²) in [5.74, 6) is -0.115. The smallest absolute Gasteiger partial charge is 0.282 e. The summed E-state index contributed by atoms with van der Waals surface area (Å²) in [4.78, 5) is 42.5. The van der Waals surface area contributed by atoms with Gasteiger partial charge < -0.3 is 45.3 Å². The highest BCUT2D eigenvalue weighted by atomic mass is 32.5. The molecule has 0 saturated carbocycles. The molecule has 6 heterocycles. The van der Waals surface area contributed by atoms with Gasteiger partial charge in [0, 0.05) is 13.7 Å². The predicted molar refractivity (Wildman–Crippen MR) is 152 cm³/mol. The first-order valence-corrected chi connectivity index (χ1v) is 15.9. The Labute approximate surface area is 251 Å². The van der Waals surface area contributed by atoms with Crippen molar-refractivity contribution >= 4 is 52.4 Å². The highest BCUT2D eigenvalue weighted by molar-refractivity contribution is 8.09.